The molecule has 0 N–H and O–H groups in total. The Balaban J connectivity index is 1.98. The molecule has 0 aromatic heterocycles. The zero-order chi connectivity index (χ0) is 9.52. The second kappa shape index (κ2) is 6.80. The SMILES string of the molecule is CC(CBr)COCC1CCCCO1. The predicted octanol–water partition coefficient (Wildman–Crippen LogP) is 2.60. The van der Waals surface area contributed by atoms with Crippen molar-refractivity contribution >= 4 is 15.9 Å². The lowest BCUT2D eigenvalue weighted by Crippen LogP contribution is -2.25. The Kier molecular flexibility index (Phi) is 6.00. The molecule has 1 aliphatic rings. The monoisotopic (exact) mass is 250 g/mol. The van der Waals surface area contributed by atoms with Gasteiger partial charge in [-0.1, -0.05) is 22.9 Å². The topological polar surface area (TPSA) is 18.5 Å². The fourth-order valence-corrected chi connectivity index (χ4v) is 1.57. The lowest BCUT2D eigenvalue weighted by atomic mass is 10.1. The van der Waals surface area contributed by atoms with Crippen molar-refractivity contribution in [2.45, 2.75) is 32.3 Å². The van der Waals surface area contributed by atoms with Crippen molar-refractivity contribution in [2.75, 3.05) is 25.2 Å². The van der Waals surface area contributed by atoms with E-state index in [2.05, 4.69) is 22.9 Å². The van der Waals surface area contributed by atoms with E-state index in [1.54, 1.807) is 0 Å². The minimum Gasteiger partial charge on any atom is -0.378 e. The van der Waals surface area contributed by atoms with Crippen LogP contribution in [0.25, 0.3) is 0 Å². The van der Waals surface area contributed by atoms with Crippen molar-refractivity contribution in [2.24, 2.45) is 5.92 Å². The van der Waals surface area contributed by atoms with Crippen LogP contribution in [0.3, 0.4) is 0 Å². The quantitative estimate of drug-likeness (QED) is 0.699. The highest BCUT2D eigenvalue weighted by atomic mass is 79.9. The summed E-state index contributed by atoms with van der Waals surface area (Å²) in [7, 11) is 0. The highest BCUT2D eigenvalue weighted by Gasteiger charge is 2.13. The summed E-state index contributed by atoms with van der Waals surface area (Å²) in [6.45, 7) is 4.71. The van der Waals surface area contributed by atoms with Gasteiger partial charge in [-0.15, -0.1) is 0 Å². The molecule has 1 fully saturated rings. The Morgan fingerprint density at radius 3 is 3.00 bits per heavy atom. The van der Waals surface area contributed by atoms with E-state index < -0.39 is 0 Å². The van der Waals surface area contributed by atoms with Gasteiger partial charge < -0.3 is 9.47 Å². The summed E-state index contributed by atoms with van der Waals surface area (Å²) in [6, 6.07) is 0. The van der Waals surface area contributed by atoms with Gasteiger partial charge in [0, 0.05) is 11.9 Å². The Morgan fingerprint density at radius 1 is 1.54 bits per heavy atom. The van der Waals surface area contributed by atoms with Gasteiger partial charge in [0.05, 0.1) is 19.3 Å². The van der Waals surface area contributed by atoms with Crippen LogP contribution in [-0.2, 0) is 9.47 Å². The van der Waals surface area contributed by atoms with Crippen LogP contribution in [0.1, 0.15) is 26.2 Å². The third-order valence-electron chi connectivity index (χ3n) is 2.24. The molecule has 1 saturated heterocycles. The molecule has 2 unspecified atom stereocenters. The molecule has 2 atom stereocenters. The normalized spacial score (nSPS) is 25.8. The number of halogens is 1. The molecular weight excluding hydrogens is 232 g/mol. The smallest absolute Gasteiger partial charge is 0.0808 e. The van der Waals surface area contributed by atoms with Gasteiger partial charge in [0.1, 0.15) is 0 Å². The molecule has 1 rings (SSSR count). The molecule has 0 amide bonds. The summed E-state index contributed by atoms with van der Waals surface area (Å²) in [5.74, 6) is 0.601. The van der Waals surface area contributed by atoms with Crippen LogP contribution >= 0.6 is 15.9 Å². The van der Waals surface area contributed by atoms with Gasteiger partial charge in [-0.3, -0.25) is 0 Å². The van der Waals surface area contributed by atoms with Crippen LogP contribution in [0.15, 0.2) is 0 Å². The standard InChI is InChI=1S/C10H19BrO2/c1-9(6-11)7-12-8-10-4-2-3-5-13-10/h9-10H,2-8H2,1H3. The van der Waals surface area contributed by atoms with E-state index in [1.807, 2.05) is 0 Å². The van der Waals surface area contributed by atoms with Crippen molar-refractivity contribution in [1.82, 2.24) is 0 Å². The molecule has 3 heteroatoms. The number of hydrogen-bond donors (Lipinski definition) is 0. The zero-order valence-corrected chi connectivity index (χ0v) is 9.88. The van der Waals surface area contributed by atoms with Crippen molar-refractivity contribution in [1.29, 1.82) is 0 Å². The Morgan fingerprint density at radius 2 is 2.38 bits per heavy atom. The highest BCUT2D eigenvalue weighted by molar-refractivity contribution is 9.09. The van der Waals surface area contributed by atoms with Crippen LogP contribution in [-0.4, -0.2) is 31.3 Å². The van der Waals surface area contributed by atoms with Crippen LogP contribution in [0.4, 0.5) is 0 Å². The Hall–Kier alpha value is 0.400. The summed E-state index contributed by atoms with van der Waals surface area (Å²) < 4.78 is 11.1. The molecule has 0 bridgehead atoms. The molecular formula is C10H19BrO2. The average molecular weight is 251 g/mol. The van der Waals surface area contributed by atoms with Gasteiger partial charge in [0.25, 0.3) is 0 Å². The zero-order valence-electron chi connectivity index (χ0n) is 8.30. The first kappa shape index (κ1) is 11.5. The van der Waals surface area contributed by atoms with Gasteiger partial charge in [-0.2, -0.15) is 0 Å². The molecule has 2 nitrogen and oxygen atoms in total. The van der Waals surface area contributed by atoms with Gasteiger partial charge in [0.2, 0.25) is 0 Å². The molecule has 1 aliphatic heterocycles. The first-order chi connectivity index (χ1) is 6.33. The maximum Gasteiger partial charge on any atom is 0.0808 e. The second-order valence-electron chi connectivity index (χ2n) is 3.79. The maximum absolute atomic E-state index is 5.57. The van der Waals surface area contributed by atoms with Crippen LogP contribution in [0.5, 0.6) is 0 Å². The minimum absolute atomic E-state index is 0.358. The first-order valence-electron chi connectivity index (χ1n) is 5.08. The Bertz CT molecular complexity index is 124. The largest absolute Gasteiger partial charge is 0.378 e. The van der Waals surface area contributed by atoms with Crippen molar-refractivity contribution in [3.63, 3.8) is 0 Å². The third kappa shape index (κ3) is 4.99. The fourth-order valence-electron chi connectivity index (χ4n) is 1.38. The van der Waals surface area contributed by atoms with Crippen molar-refractivity contribution < 1.29 is 9.47 Å². The lowest BCUT2D eigenvalue weighted by molar-refractivity contribution is -0.0447. The van der Waals surface area contributed by atoms with Crippen LogP contribution in [0, 0.1) is 5.92 Å². The van der Waals surface area contributed by atoms with E-state index in [1.165, 1.54) is 19.3 Å². The number of ether oxygens (including phenoxy) is 2. The summed E-state index contributed by atoms with van der Waals surface area (Å²) in [5.41, 5.74) is 0. The van der Waals surface area contributed by atoms with Crippen molar-refractivity contribution in [3.05, 3.63) is 0 Å². The van der Waals surface area contributed by atoms with E-state index in [0.29, 0.717) is 12.0 Å². The number of hydrogen-bond acceptors (Lipinski definition) is 2. The molecule has 78 valence electrons. The van der Waals surface area contributed by atoms with E-state index >= 15 is 0 Å². The summed E-state index contributed by atoms with van der Waals surface area (Å²) in [4.78, 5) is 0. The average Bonchev–Trinajstić information content (AvgIpc) is 2.19. The number of rotatable bonds is 5. The van der Waals surface area contributed by atoms with Gasteiger partial charge in [0.15, 0.2) is 0 Å². The summed E-state index contributed by atoms with van der Waals surface area (Å²) >= 11 is 3.43. The van der Waals surface area contributed by atoms with E-state index in [9.17, 15) is 0 Å². The van der Waals surface area contributed by atoms with Crippen LogP contribution < -0.4 is 0 Å². The van der Waals surface area contributed by atoms with Gasteiger partial charge in [-0.25, -0.2) is 0 Å². The summed E-state index contributed by atoms with van der Waals surface area (Å²) in [5, 5.41) is 1.01. The Labute approximate surface area is 89.1 Å². The second-order valence-corrected chi connectivity index (χ2v) is 4.43. The van der Waals surface area contributed by atoms with Crippen molar-refractivity contribution in [3.8, 4) is 0 Å². The molecule has 0 saturated carbocycles. The minimum atomic E-state index is 0.358. The maximum atomic E-state index is 5.57. The molecule has 0 radical (unpaired) electrons. The number of alkyl halides is 1. The van der Waals surface area contributed by atoms with Gasteiger partial charge >= 0.3 is 0 Å². The predicted molar refractivity (Wildman–Crippen MR) is 57.4 cm³/mol. The van der Waals surface area contributed by atoms with E-state index in [4.69, 9.17) is 9.47 Å². The molecule has 0 aliphatic carbocycles. The molecule has 0 aromatic rings. The lowest BCUT2D eigenvalue weighted by Gasteiger charge is -2.22. The van der Waals surface area contributed by atoms with Gasteiger partial charge in [-0.05, 0) is 25.2 Å². The van der Waals surface area contributed by atoms with E-state index in [0.717, 1.165) is 25.2 Å². The summed E-state index contributed by atoms with van der Waals surface area (Å²) in [6.07, 6.45) is 4.04. The molecule has 0 spiro atoms. The fraction of sp³-hybridized carbons (Fsp3) is 1.00. The first-order valence-corrected chi connectivity index (χ1v) is 6.20. The molecule has 1 heterocycles. The highest BCUT2D eigenvalue weighted by Crippen LogP contribution is 2.13. The molecule has 0 aromatic carbocycles. The molecule has 13 heavy (non-hydrogen) atoms. The third-order valence-corrected chi connectivity index (χ3v) is 3.35. The van der Waals surface area contributed by atoms with Crippen LogP contribution in [0.2, 0.25) is 0 Å². The van der Waals surface area contributed by atoms with E-state index in [-0.39, 0.29) is 0 Å².